The van der Waals surface area contributed by atoms with Gasteiger partial charge in [0, 0.05) is 22.0 Å². The van der Waals surface area contributed by atoms with Crippen molar-refractivity contribution in [3.05, 3.63) is 96.7 Å². The van der Waals surface area contributed by atoms with Crippen LogP contribution in [0.25, 0.3) is 22.3 Å². The molecular weight excluding hydrogens is 589 g/mol. The van der Waals surface area contributed by atoms with E-state index in [1.165, 1.54) is 6.08 Å². The summed E-state index contributed by atoms with van der Waals surface area (Å²) >= 11 is 17.7. The molecule has 0 spiro atoms. The molecule has 2 aromatic carbocycles. The molecule has 0 radical (unpaired) electrons. The van der Waals surface area contributed by atoms with Crippen molar-refractivity contribution in [2.24, 2.45) is 0 Å². The summed E-state index contributed by atoms with van der Waals surface area (Å²) in [5.74, 6) is 0. The number of thiophene rings is 1. The fourth-order valence-corrected chi connectivity index (χ4v) is 6.67. The lowest BCUT2D eigenvalue weighted by Gasteiger charge is -2.12. The monoisotopic (exact) mass is 609 g/mol. The van der Waals surface area contributed by atoms with Crippen molar-refractivity contribution in [2.75, 3.05) is 0 Å². The van der Waals surface area contributed by atoms with Crippen molar-refractivity contribution < 1.29 is 8.42 Å². The quantitative estimate of drug-likeness (QED) is 0.221. The molecule has 0 aliphatic rings. The highest BCUT2D eigenvalue weighted by atomic mass is 79.9. The van der Waals surface area contributed by atoms with Gasteiger partial charge in [-0.25, -0.2) is 17.8 Å². The number of benzene rings is 2. The van der Waals surface area contributed by atoms with E-state index in [1.807, 2.05) is 56.3 Å². The number of rotatable bonds is 8. The van der Waals surface area contributed by atoms with Gasteiger partial charge in [-0.2, -0.15) is 5.10 Å². The second kappa shape index (κ2) is 11.0. The van der Waals surface area contributed by atoms with Gasteiger partial charge in [0.15, 0.2) is 0 Å². The molecule has 10 heteroatoms. The number of sulfonamides is 1. The first-order valence-electron chi connectivity index (χ1n) is 10.8. The van der Waals surface area contributed by atoms with Crippen LogP contribution in [0.4, 0.5) is 0 Å². The SMILES string of the molecule is CCc1c(/C=C/S(=O)(=O)N[C@@H](C)c2ccccc2)nn(-c2ccc(Cl)cc2Cl)c1-c1ccc(Br)s1. The number of aromatic nitrogens is 2. The van der Waals surface area contributed by atoms with Gasteiger partial charge in [-0.1, -0.05) is 60.5 Å². The van der Waals surface area contributed by atoms with Gasteiger partial charge in [0.25, 0.3) is 0 Å². The van der Waals surface area contributed by atoms with Crippen molar-refractivity contribution >= 4 is 66.6 Å². The van der Waals surface area contributed by atoms with Gasteiger partial charge in [-0.15, -0.1) is 11.3 Å². The summed E-state index contributed by atoms with van der Waals surface area (Å²) in [6.07, 6.45) is 2.18. The topological polar surface area (TPSA) is 64.0 Å². The average molecular weight is 611 g/mol. The van der Waals surface area contributed by atoms with Crippen LogP contribution in [0.1, 0.15) is 36.7 Å². The van der Waals surface area contributed by atoms with Crippen LogP contribution in [0, 0.1) is 0 Å². The van der Waals surface area contributed by atoms with Crippen molar-refractivity contribution in [2.45, 2.75) is 26.3 Å². The third-order valence-corrected chi connectivity index (χ3v) is 8.70. The lowest BCUT2D eigenvalue weighted by Crippen LogP contribution is -2.24. The summed E-state index contributed by atoms with van der Waals surface area (Å²) in [4.78, 5) is 0.977. The third-order valence-electron chi connectivity index (χ3n) is 5.36. The maximum Gasteiger partial charge on any atom is 0.234 e. The van der Waals surface area contributed by atoms with E-state index in [9.17, 15) is 8.42 Å². The van der Waals surface area contributed by atoms with Crippen LogP contribution in [0.2, 0.25) is 10.0 Å². The summed E-state index contributed by atoms with van der Waals surface area (Å²) in [7, 11) is -3.72. The maximum atomic E-state index is 12.8. The Morgan fingerprint density at radius 3 is 2.51 bits per heavy atom. The second-order valence-corrected chi connectivity index (χ2v) is 12.7. The number of hydrogen-bond acceptors (Lipinski definition) is 4. The first kappa shape index (κ1) is 26.1. The lowest BCUT2D eigenvalue weighted by molar-refractivity contribution is 0.576. The number of nitrogens with zero attached hydrogens (tertiary/aromatic N) is 2. The van der Waals surface area contributed by atoms with Gasteiger partial charge in [0.05, 0.1) is 30.8 Å². The average Bonchev–Trinajstić information content (AvgIpc) is 3.41. The van der Waals surface area contributed by atoms with Crippen LogP contribution in [-0.2, 0) is 16.4 Å². The first-order valence-corrected chi connectivity index (χ1v) is 14.7. The molecular formula is C25H22BrCl2N3O2S2. The Morgan fingerprint density at radius 1 is 1.14 bits per heavy atom. The van der Waals surface area contributed by atoms with Crippen molar-refractivity contribution in [3.63, 3.8) is 0 Å². The van der Waals surface area contributed by atoms with Gasteiger partial charge in [-0.05, 0) is 71.2 Å². The molecule has 1 N–H and O–H groups in total. The molecule has 0 aliphatic carbocycles. The van der Waals surface area contributed by atoms with E-state index in [1.54, 1.807) is 34.2 Å². The summed E-state index contributed by atoms with van der Waals surface area (Å²) in [6, 6.07) is 18.2. The number of halogens is 3. The molecule has 0 fully saturated rings. The normalized spacial score (nSPS) is 12.9. The Kier molecular flexibility index (Phi) is 8.20. The fraction of sp³-hybridized carbons (Fsp3) is 0.160. The van der Waals surface area contributed by atoms with Crippen LogP contribution in [0.3, 0.4) is 0 Å². The van der Waals surface area contributed by atoms with Crippen molar-refractivity contribution in [1.29, 1.82) is 0 Å². The van der Waals surface area contributed by atoms with Crippen LogP contribution >= 0.6 is 50.5 Å². The predicted octanol–water partition coefficient (Wildman–Crippen LogP) is 7.88. The third kappa shape index (κ3) is 6.07. The van der Waals surface area contributed by atoms with Gasteiger partial charge < -0.3 is 0 Å². The molecule has 2 aromatic heterocycles. The molecule has 0 aliphatic heterocycles. The standard InChI is InChI=1S/C25H22BrCl2N3O2S2/c1-3-19-21(13-14-35(32,33)30-16(2)17-7-5-4-6-8-17)29-31(22-10-9-18(27)15-20(22)28)25(19)23-11-12-24(26)34-23/h4-16,30H,3H2,1-2H3/b14-13+/t16-/m0/s1. The van der Waals surface area contributed by atoms with E-state index >= 15 is 0 Å². The summed E-state index contributed by atoms with van der Waals surface area (Å²) in [5.41, 5.74) is 3.85. The molecule has 1 atom stereocenters. The summed E-state index contributed by atoms with van der Waals surface area (Å²) in [6.45, 7) is 3.82. The van der Waals surface area contributed by atoms with E-state index in [2.05, 4.69) is 20.7 Å². The largest absolute Gasteiger partial charge is 0.234 e. The van der Waals surface area contributed by atoms with Crippen LogP contribution in [-0.4, -0.2) is 18.2 Å². The molecule has 4 rings (SSSR count). The van der Waals surface area contributed by atoms with Gasteiger partial charge in [0.1, 0.15) is 0 Å². The molecule has 0 bridgehead atoms. The van der Waals surface area contributed by atoms with Crippen molar-refractivity contribution in [3.8, 4) is 16.3 Å². The Morgan fingerprint density at radius 2 is 1.89 bits per heavy atom. The summed E-state index contributed by atoms with van der Waals surface area (Å²) in [5, 5.41) is 6.90. The van der Waals surface area contributed by atoms with Crippen molar-refractivity contribution in [1.82, 2.24) is 14.5 Å². The van der Waals surface area contributed by atoms with Gasteiger partial charge >= 0.3 is 0 Å². The first-order chi connectivity index (χ1) is 16.7. The second-order valence-electron chi connectivity index (χ2n) is 7.78. The molecule has 35 heavy (non-hydrogen) atoms. The minimum absolute atomic E-state index is 0.374. The molecule has 0 saturated carbocycles. The van der Waals surface area contributed by atoms with E-state index in [4.69, 9.17) is 28.3 Å². The molecule has 0 amide bonds. The van der Waals surface area contributed by atoms with E-state index in [0.29, 0.717) is 27.8 Å². The molecule has 182 valence electrons. The Hall–Kier alpha value is -1.94. The molecule has 4 aromatic rings. The molecule has 5 nitrogen and oxygen atoms in total. The molecule has 0 unspecified atom stereocenters. The van der Waals surface area contributed by atoms with Crippen LogP contribution in [0.5, 0.6) is 0 Å². The zero-order valence-electron chi connectivity index (χ0n) is 18.9. The van der Waals surface area contributed by atoms with Crippen LogP contribution < -0.4 is 4.72 Å². The van der Waals surface area contributed by atoms with Gasteiger partial charge in [0.2, 0.25) is 10.0 Å². The zero-order valence-corrected chi connectivity index (χ0v) is 23.6. The lowest BCUT2D eigenvalue weighted by atomic mass is 10.1. The molecule has 2 heterocycles. The summed E-state index contributed by atoms with van der Waals surface area (Å²) < 4.78 is 31.1. The highest BCUT2D eigenvalue weighted by Gasteiger charge is 2.22. The highest BCUT2D eigenvalue weighted by molar-refractivity contribution is 9.11. The maximum absolute atomic E-state index is 12.8. The van der Waals surface area contributed by atoms with Gasteiger partial charge in [-0.3, -0.25) is 0 Å². The van der Waals surface area contributed by atoms with E-state index in [-0.39, 0.29) is 6.04 Å². The Balaban J connectivity index is 1.76. The predicted molar refractivity (Wildman–Crippen MR) is 150 cm³/mol. The Labute approximate surface area is 227 Å². The Bertz CT molecular complexity index is 1480. The van der Waals surface area contributed by atoms with E-state index in [0.717, 1.165) is 30.9 Å². The minimum atomic E-state index is -3.72. The molecule has 0 saturated heterocycles. The van der Waals surface area contributed by atoms with Crippen LogP contribution in [0.15, 0.2) is 69.9 Å². The highest BCUT2D eigenvalue weighted by Crippen LogP contribution is 2.38. The zero-order chi connectivity index (χ0) is 25.2. The fourth-order valence-electron chi connectivity index (χ4n) is 3.72. The smallest absolute Gasteiger partial charge is 0.230 e. The number of hydrogen-bond donors (Lipinski definition) is 1. The van der Waals surface area contributed by atoms with E-state index < -0.39 is 10.0 Å². The number of nitrogens with one attached hydrogen (secondary N) is 1. The minimum Gasteiger partial charge on any atom is -0.230 e.